The molecule has 0 spiro atoms. The molecule has 1 rings (SSSR count). The highest BCUT2D eigenvalue weighted by Gasteiger charge is 2.10. The normalized spacial score (nSPS) is 14.6. The quantitative estimate of drug-likeness (QED) is 0.753. The van der Waals surface area contributed by atoms with Gasteiger partial charge in [0.15, 0.2) is 0 Å². The first-order valence-corrected chi connectivity index (χ1v) is 5.93. The Kier molecular flexibility index (Phi) is 6.00. The summed E-state index contributed by atoms with van der Waals surface area (Å²) in [5.74, 6) is 1.35. The van der Waals surface area contributed by atoms with Crippen LogP contribution in [0.15, 0.2) is 12.4 Å². The smallest absolute Gasteiger partial charge is 0.203 e. The highest BCUT2D eigenvalue weighted by molar-refractivity contribution is 5.26. The predicted octanol–water partition coefficient (Wildman–Crippen LogP) is 1.78. The van der Waals surface area contributed by atoms with Gasteiger partial charge in [0.2, 0.25) is 5.95 Å². The van der Waals surface area contributed by atoms with Crippen LogP contribution in [0.1, 0.15) is 19.9 Å². The van der Waals surface area contributed by atoms with Gasteiger partial charge in [-0.2, -0.15) is 0 Å². The van der Waals surface area contributed by atoms with Crippen LogP contribution in [0.4, 0.5) is 5.95 Å². The van der Waals surface area contributed by atoms with E-state index in [9.17, 15) is 0 Å². The van der Waals surface area contributed by atoms with Gasteiger partial charge in [-0.3, -0.25) is 0 Å². The van der Waals surface area contributed by atoms with Gasteiger partial charge >= 0.3 is 0 Å². The van der Waals surface area contributed by atoms with Crippen molar-refractivity contribution in [2.75, 3.05) is 39.3 Å². The number of aromatic nitrogens is 2. The van der Waals surface area contributed by atoms with E-state index >= 15 is 0 Å². The van der Waals surface area contributed by atoms with Crippen LogP contribution in [0, 0.1) is 5.92 Å². The first kappa shape index (κ1) is 14.0. The summed E-state index contributed by atoms with van der Waals surface area (Å²) in [5.41, 5.74) is 0. The molecule has 0 saturated carbocycles. The van der Waals surface area contributed by atoms with Crippen molar-refractivity contribution in [3.05, 3.63) is 12.4 Å². The Bertz CT molecular complexity index is 314. The maximum atomic E-state index is 5.15. The van der Waals surface area contributed by atoms with Gasteiger partial charge < -0.3 is 19.4 Å². The van der Waals surface area contributed by atoms with E-state index in [2.05, 4.69) is 28.7 Å². The molecule has 0 bridgehead atoms. The average Bonchev–Trinajstić information content (AvgIpc) is 2.75. The van der Waals surface area contributed by atoms with E-state index in [1.54, 1.807) is 20.4 Å². The van der Waals surface area contributed by atoms with Crippen LogP contribution in [-0.2, 0) is 9.47 Å². The molecule has 1 heterocycles. The van der Waals surface area contributed by atoms with Gasteiger partial charge in [-0.25, -0.2) is 4.98 Å². The Labute approximate surface area is 103 Å². The van der Waals surface area contributed by atoms with Crippen LogP contribution in [0.25, 0.3) is 0 Å². The molecular weight excluding hydrogens is 218 g/mol. The van der Waals surface area contributed by atoms with Gasteiger partial charge in [0.05, 0.1) is 19.3 Å². The second kappa shape index (κ2) is 7.29. The van der Waals surface area contributed by atoms with E-state index in [4.69, 9.17) is 9.47 Å². The second-order valence-corrected chi connectivity index (χ2v) is 4.40. The first-order valence-electron chi connectivity index (χ1n) is 5.93. The van der Waals surface area contributed by atoms with E-state index in [-0.39, 0.29) is 6.04 Å². The molecule has 2 atom stereocenters. The summed E-state index contributed by atoms with van der Waals surface area (Å²) in [6.45, 7) is 6.53. The molecule has 0 aromatic carbocycles. The molecule has 0 saturated heterocycles. The molecule has 5 heteroatoms. The van der Waals surface area contributed by atoms with E-state index < -0.39 is 0 Å². The molecule has 1 N–H and O–H groups in total. The number of anilines is 1. The third-order valence-electron chi connectivity index (χ3n) is 2.61. The van der Waals surface area contributed by atoms with E-state index in [1.165, 1.54) is 0 Å². The molecular formula is C12H23N3O2. The number of ether oxygens (including phenoxy) is 2. The SMILES string of the molecule is COCC(C)CNc1nccn1C(C)COC. The van der Waals surface area contributed by atoms with Crippen molar-refractivity contribution in [2.24, 2.45) is 5.92 Å². The van der Waals surface area contributed by atoms with Crippen molar-refractivity contribution >= 4 is 5.95 Å². The van der Waals surface area contributed by atoms with E-state index in [1.807, 2.05) is 6.20 Å². The molecule has 5 nitrogen and oxygen atoms in total. The highest BCUT2D eigenvalue weighted by Crippen LogP contribution is 2.14. The Morgan fingerprint density at radius 2 is 2.00 bits per heavy atom. The van der Waals surface area contributed by atoms with Gasteiger partial charge in [0.25, 0.3) is 0 Å². The third kappa shape index (κ3) is 4.36. The number of nitrogens with one attached hydrogen (secondary N) is 1. The molecule has 0 radical (unpaired) electrons. The lowest BCUT2D eigenvalue weighted by Gasteiger charge is -2.17. The Morgan fingerprint density at radius 3 is 2.65 bits per heavy atom. The van der Waals surface area contributed by atoms with Crippen LogP contribution in [-0.4, -0.2) is 43.5 Å². The fraction of sp³-hybridized carbons (Fsp3) is 0.750. The number of rotatable bonds is 8. The third-order valence-corrected chi connectivity index (χ3v) is 2.61. The molecule has 0 aliphatic rings. The van der Waals surface area contributed by atoms with Crippen molar-refractivity contribution in [3.63, 3.8) is 0 Å². The van der Waals surface area contributed by atoms with Crippen molar-refractivity contribution in [2.45, 2.75) is 19.9 Å². The Balaban J connectivity index is 2.51. The standard InChI is InChI=1S/C12H23N3O2/c1-10(8-16-3)7-14-12-13-5-6-15(12)11(2)9-17-4/h5-6,10-11H,7-9H2,1-4H3,(H,13,14). The van der Waals surface area contributed by atoms with Gasteiger partial charge in [-0.05, 0) is 12.8 Å². The molecule has 0 amide bonds. The van der Waals surface area contributed by atoms with Gasteiger partial charge in [-0.1, -0.05) is 6.92 Å². The van der Waals surface area contributed by atoms with Crippen LogP contribution >= 0.6 is 0 Å². The zero-order valence-corrected chi connectivity index (χ0v) is 11.1. The fourth-order valence-corrected chi connectivity index (χ4v) is 1.74. The maximum absolute atomic E-state index is 5.15. The topological polar surface area (TPSA) is 48.3 Å². The summed E-state index contributed by atoms with van der Waals surface area (Å²) in [6.07, 6.45) is 3.77. The zero-order valence-electron chi connectivity index (χ0n) is 11.1. The van der Waals surface area contributed by atoms with Crippen LogP contribution < -0.4 is 5.32 Å². The van der Waals surface area contributed by atoms with Crippen molar-refractivity contribution < 1.29 is 9.47 Å². The van der Waals surface area contributed by atoms with Crippen molar-refractivity contribution in [1.82, 2.24) is 9.55 Å². The molecule has 0 fully saturated rings. The lowest BCUT2D eigenvalue weighted by Crippen LogP contribution is -2.20. The summed E-state index contributed by atoms with van der Waals surface area (Å²) in [4.78, 5) is 4.31. The minimum absolute atomic E-state index is 0.280. The lowest BCUT2D eigenvalue weighted by molar-refractivity contribution is 0.161. The molecule has 1 aromatic heterocycles. The Morgan fingerprint density at radius 1 is 1.29 bits per heavy atom. The molecule has 0 aliphatic carbocycles. The number of hydrogen-bond acceptors (Lipinski definition) is 4. The highest BCUT2D eigenvalue weighted by atomic mass is 16.5. The molecule has 2 unspecified atom stereocenters. The van der Waals surface area contributed by atoms with Crippen molar-refractivity contribution in [1.29, 1.82) is 0 Å². The Hall–Kier alpha value is -1.07. The summed E-state index contributed by atoms with van der Waals surface area (Å²) in [6, 6.07) is 0.280. The van der Waals surface area contributed by atoms with Crippen molar-refractivity contribution in [3.8, 4) is 0 Å². The van der Waals surface area contributed by atoms with Gasteiger partial charge in [-0.15, -0.1) is 0 Å². The second-order valence-electron chi connectivity index (χ2n) is 4.40. The number of imidazole rings is 1. The van der Waals surface area contributed by atoms with Gasteiger partial charge in [0.1, 0.15) is 0 Å². The molecule has 0 aliphatic heterocycles. The number of nitrogens with zero attached hydrogens (tertiary/aromatic N) is 2. The first-order chi connectivity index (χ1) is 8.19. The summed E-state index contributed by atoms with van der Waals surface area (Å²) in [7, 11) is 3.43. The van der Waals surface area contributed by atoms with Gasteiger partial charge in [0, 0.05) is 33.2 Å². The van der Waals surface area contributed by atoms with Crippen LogP contribution in [0.5, 0.6) is 0 Å². The van der Waals surface area contributed by atoms with E-state index in [0.717, 1.165) is 19.1 Å². The van der Waals surface area contributed by atoms with Crippen LogP contribution in [0.3, 0.4) is 0 Å². The minimum Gasteiger partial charge on any atom is -0.384 e. The van der Waals surface area contributed by atoms with Crippen LogP contribution in [0.2, 0.25) is 0 Å². The fourth-order valence-electron chi connectivity index (χ4n) is 1.74. The summed E-state index contributed by atoms with van der Waals surface area (Å²) in [5, 5.41) is 3.33. The zero-order chi connectivity index (χ0) is 12.7. The van der Waals surface area contributed by atoms with E-state index in [0.29, 0.717) is 12.5 Å². The summed E-state index contributed by atoms with van der Waals surface area (Å²) >= 11 is 0. The number of methoxy groups -OCH3 is 2. The number of hydrogen-bond donors (Lipinski definition) is 1. The maximum Gasteiger partial charge on any atom is 0.203 e. The molecule has 98 valence electrons. The molecule has 17 heavy (non-hydrogen) atoms. The summed E-state index contributed by atoms with van der Waals surface area (Å²) < 4.78 is 12.3. The largest absolute Gasteiger partial charge is 0.384 e. The monoisotopic (exact) mass is 241 g/mol. The minimum atomic E-state index is 0.280. The predicted molar refractivity (Wildman–Crippen MR) is 68.3 cm³/mol. The molecule has 1 aromatic rings. The average molecular weight is 241 g/mol. The lowest BCUT2D eigenvalue weighted by atomic mass is 10.2.